The van der Waals surface area contributed by atoms with Gasteiger partial charge in [0.1, 0.15) is 5.82 Å². The van der Waals surface area contributed by atoms with Crippen LogP contribution in [0, 0.1) is 6.92 Å². The molecular weight excluding hydrogens is 359 g/mol. The number of nitrogen functional groups attached to an aromatic ring is 1. The second-order valence-corrected chi connectivity index (χ2v) is 6.51. The molecule has 2 aromatic heterocycles. The van der Waals surface area contributed by atoms with Gasteiger partial charge in [-0.1, -0.05) is 6.07 Å². The summed E-state index contributed by atoms with van der Waals surface area (Å²) in [5.41, 5.74) is 9.09. The van der Waals surface area contributed by atoms with Gasteiger partial charge in [0.15, 0.2) is 17.3 Å². The Labute approximate surface area is 153 Å². The Balaban J connectivity index is 1.62. The average molecular weight is 377 g/mol. The standard InChI is InChI=1S/C17H18F3N7/c1-10-2-3-11-12(8-10)24-16(23-11)14-15(21)22-9-13(25-14)26-4-6-27(7-5-26)17(18,19)20/h2-3,8-9H,4-7H2,1H3,(H2,21,22)(H,23,24). The summed E-state index contributed by atoms with van der Waals surface area (Å²) < 4.78 is 38.4. The van der Waals surface area contributed by atoms with Crippen LogP contribution in [0.5, 0.6) is 0 Å². The van der Waals surface area contributed by atoms with E-state index < -0.39 is 6.30 Å². The van der Waals surface area contributed by atoms with Gasteiger partial charge in [0.05, 0.1) is 17.2 Å². The molecule has 10 heteroatoms. The number of hydrogen-bond donors (Lipinski definition) is 2. The summed E-state index contributed by atoms with van der Waals surface area (Å²) in [6, 6.07) is 5.82. The van der Waals surface area contributed by atoms with Crippen LogP contribution in [0.25, 0.3) is 22.6 Å². The number of benzene rings is 1. The van der Waals surface area contributed by atoms with Crippen molar-refractivity contribution in [1.82, 2.24) is 24.8 Å². The summed E-state index contributed by atoms with van der Waals surface area (Å²) in [5.74, 6) is 1.18. The molecule has 3 heterocycles. The van der Waals surface area contributed by atoms with Gasteiger partial charge in [-0.2, -0.15) is 13.2 Å². The lowest BCUT2D eigenvalue weighted by molar-refractivity contribution is -0.246. The summed E-state index contributed by atoms with van der Waals surface area (Å²) in [4.78, 5) is 18.6. The molecule has 0 bridgehead atoms. The number of nitrogens with one attached hydrogen (secondary N) is 1. The summed E-state index contributed by atoms with van der Waals surface area (Å²) >= 11 is 0. The zero-order chi connectivity index (χ0) is 19.2. The smallest absolute Gasteiger partial charge is 0.382 e. The zero-order valence-electron chi connectivity index (χ0n) is 14.6. The maximum absolute atomic E-state index is 12.8. The monoisotopic (exact) mass is 377 g/mol. The normalized spacial score (nSPS) is 16.2. The van der Waals surface area contributed by atoms with Gasteiger partial charge < -0.3 is 15.6 Å². The molecule has 3 N–H and O–H groups in total. The van der Waals surface area contributed by atoms with Crippen LogP contribution in [0.4, 0.5) is 24.8 Å². The molecule has 1 aliphatic rings. The molecule has 27 heavy (non-hydrogen) atoms. The fourth-order valence-electron chi connectivity index (χ4n) is 3.14. The zero-order valence-corrected chi connectivity index (χ0v) is 14.6. The Morgan fingerprint density at radius 3 is 2.56 bits per heavy atom. The molecule has 4 rings (SSSR count). The Kier molecular flexibility index (Phi) is 4.14. The first kappa shape index (κ1) is 17.5. The van der Waals surface area contributed by atoms with Gasteiger partial charge in [0.2, 0.25) is 0 Å². The topological polar surface area (TPSA) is 87.0 Å². The summed E-state index contributed by atoms with van der Waals surface area (Å²) in [5, 5.41) is 0. The second-order valence-electron chi connectivity index (χ2n) is 6.51. The number of alkyl halides is 3. The molecule has 1 fully saturated rings. The third-order valence-corrected chi connectivity index (χ3v) is 4.61. The lowest BCUT2D eigenvalue weighted by atomic mass is 10.2. The average Bonchev–Trinajstić information content (AvgIpc) is 3.04. The van der Waals surface area contributed by atoms with Gasteiger partial charge >= 0.3 is 6.30 Å². The van der Waals surface area contributed by atoms with Gasteiger partial charge in [-0.15, -0.1) is 0 Å². The SMILES string of the molecule is Cc1ccc2nc(-c3nc(N4CCN(C(F)(F)F)CC4)cnc3N)[nH]c2c1. The van der Waals surface area contributed by atoms with Gasteiger partial charge in [-0.05, 0) is 24.6 Å². The van der Waals surface area contributed by atoms with E-state index in [0.717, 1.165) is 16.6 Å². The molecule has 0 unspecified atom stereocenters. The molecule has 0 radical (unpaired) electrons. The van der Waals surface area contributed by atoms with Crippen LogP contribution in [-0.4, -0.2) is 57.3 Å². The van der Waals surface area contributed by atoms with E-state index in [1.165, 1.54) is 6.20 Å². The highest BCUT2D eigenvalue weighted by molar-refractivity contribution is 5.81. The van der Waals surface area contributed by atoms with Crippen molar-refractivity contribution in [3.63, 3.8) is 0 Å². The van der Waals surface area contributed by atoms with E-state index in [2.05, 4.69) is 19.9 Å². The number of nitrogens with zero attached hydrogens (tertiary/aromatic N) is 5. The van der Waals surface area contributed by atoms with E-state index in [1.54, 1.807) is 4.90 Å². The molecule has 7 nitrogen and oxygen atoms in total. The number of aromatic nitrogens is 4. The number of anilines is 2. The largest absolute Gasteiger partial charge is 0.460 e. The van der Waals surface area contributed by atoms with Crippen molar-refractivity contribution in [3.8, 4) is 11.5 Å². The van der Waals surface area contributed by atoms with Crippen LogP contribution >= 0.6 is 0 Å². The molecule has 1 aliphatic heterocycles. The van der Waals surface area contributed by atoms with Gasteiger partial charge in [0.25, 0.3) is 0 Å². The number of rotatable bonds is 2. The minimum atomic E-state index is -4.31. The van der Waals surface area contributed by atoms with E-state index in [4.69, 9.17) is 5.73 Å². The highest BCUT2D eigenvalue weighted by atomic mass is 19.4. The number of fused-ring (bicyclic) bond motifs is 1. The second kappa shape index (κ2) is 6.38. The number of aromatic amines is 1. The molecule has 0 aliphatic carbocycles. The van der Waals surface area contributed by atoms with E-state index in [-0.39, 0.29) is 32.0 Å². The fourth-order valence-corrected chi connectivity index (χ4v) is 3.14. The number of aryl methyl sites for hydroxylation is 1. The minimum Gasteiger partial charge on any atom is -0.382 e. The number of nitrogens with two attached hydrogens (primary N) is 1. The Morgan fingerprint density at radius 1 is 1.11 bits per heavy atom. The molecule has 0 saturated carbocycles. The van der Waals surface area contributed by atoms with E-state index >= 15 is 0 Å². The molecule has 0 spiro atoms. The van der Waals surface area contributed by atoms with Crippen molar-refractivity contribution in [1.29, 1.82) is 0 Å². The summed E-state index contributed by atoms with van der Waals surface area (Å²) in [7, 11) is 0. The quantitative estimate of drug-likeness (QED) is 0.668. The first-order chi connectivity index (χ1) is 12.8. The number of halogens is 3. The highest BCUT2D eigenvalue weighted by Gasteiger charge is 2.39. The van der Waals surface area contributed by atoms with E-state index in [0.29, 0.717) is 22.2 Å². The first-order valence-electron chi connectivity index (χ1n) is 8.47. The molecule has 142 valence electrons. The van der Waals surface area contributed by atoms with Crippen molar-refractivity contribution >= 4 is 22.7 Å². The molecule has 3 aromatic rings. The molecule has 0 atom stereocenters. The molecule has 1 aromatic carbocycles. The van der Waals surface area contributed by atoms with Crippen LogP contribution < -0.4 is 10.6 Å². The number of H-pyrrole nitrogens is 1. The lowest BCUT2D eigenvalue weighted by Gasteiger charge is -2.35. The van der Waals surface area contributed by atoms with Gasteiger partial charge in [-0.3, -0.25) is 0 Å². The fraction of sp³-hybridized carbons (Fsp3) is 0.353. The highest BCUT2D eigenvalue weighted by Crippen LogP contribution is 2.27. The summed E-state index contributed by atoms with van der Waals surface area (Å²) in [6.07, 6.45) is -2.83. The maximum Gasteiger partial charge on any atom is 0.460 e. The molecule has 1 saturated heterocycles. The van der Waals surface area contributed by atoms with Crippen LogP contribution in [-0.2, 0) is 0 Å². The first-order valence-corrected chi connectivity index (χ1v) is 8.47. The third kappa shape index (κ3) is 3.39. The number of hydrogen-bond acceptors (Lipinski definition) is 6. The van der Waals surface area contributed by atoms with Crippen LogP contribution in [0.2, 0.25) is 0 Å². The van der Waals surface area contributed by atoms with Crippen LogP contribution in [0.15, 0.2) is 24.4 Å². The molecule has 0 amide bonds. The molecular formula is C17H18F3N7. The predicted molar refractivity (Wildman–Crippen MR) is 96.1 cm³/mol. The van der Waals surface area contributed by atoms with Crippen molar-refractivity contribution in [2.24, 2.45) is 0 Å². The summed E-state index contributed by atoms with van der Waals surface area (Å²) in [6.45, 7) is 2.16. The van der Waals surface area contributed by atoms with E-state index in [9.17, 15) is 13.2 Å². The Bertz CT molecular complexity index is 974. The van der Waals surface area contributed by atoms with Crippen molar-refractivity contribution in [2.75, 3.05) is 36.8 Å². The maximum atomic E-state index is 12.8. The lowest BCUT2D eigenvalue weighted by Crippen LogP contribution is -2.52. The third-order valence-electron chi connectivity index (χ3n) is 4.61. The van der Waals surface area contributed by atoms with E-state index in [1.807, 2.05) is 25.1 Å². The van der Waals surface area contributed by atoms with Crippen LogP contribution in [0.1, 0.15) is 5.56 Å². The van der Waals surface area contributed by atoms with Gasteiger partial charge in [0, 0.05) is 26.2 Å². The Morgan fingerprint density at radius 2 is 1.85 bits per heavy atom. The van der Waals surface area contributed by atoms with Crippen molar-refractivity contribution in [2.45, 2.75) is 13.2 Å². The Hall–Kier alpha value is -2.88. The minimum absolute atomic E-state index is 0.116. The van der Waals surface area contributed by atoms with Gasteiger partial charge in [-0.25, -0.2) is 19.9 Å². The van der Waals surface area contributed by atoms with Crippen LogP contribution in [0.3, 0.4) is 0 Å². The number of piperazine rings is 1. The van der Waals surface area contributed by atoms with Crippen molar-refractivity contribution < 1.29 is 13.2 Å². The number of imidazole rings is 1. The van der Waals surface area contributed by atoms with Crippen molar-refractivity contribution in [3.05, 3.63) is 30.0 Å². The predicted octanol–water partition coefficient (Wildman–Crippen LogP) is 2.55.